The van der Waals surface area contributed by atoms with E-state index in [0.29, 0.717) is 5.56 Å². The van der Waals surface area contributed by atoms with Crippen molar-refractivity contribution < 1.29 is 51.9 Å². The number of amides is 4. The van der Waals surface area contributed by atoms with Gasteiger partial charge in [-0.3, -0.25) is 23.4 Å². The highest BCUT2D eigenvalue weighted by Gasteiger charge is 2.32. The lowest BCUT2D eigenvalue weighted by Gasteiger charge is -2.28. The average molecular weight is 775 g/mol. The molecule has 2 aromatic carbocycles. The summed E-state index contributed by atoms with van der Waals surface area (Å²) in [5.41, 5.74) is -0.275. The molecule has 0 radical (unpaired) electrons. The molecule has 0 spiro atoms. The van der Waals surface area contributed by atoms with Crippen LogP contribution in [-0.2, 0) is 57.0 Å². The lowest BCUT2D eigenvalue weighted by Crippen LogP contribution is -2.58. The quantitative estimate of drug-likeness (QED) is 0.121. The number of hydrogen-bond acceptors (Lipinski definition) is 11. The molecule has 1 unspecified atom stereocenters. The maximum atomic E-state index is 13.9. The van der Waals surface area contributed by atoms with E-state index in [-0.39, 0.29) is 43.7 Å². The zero-order valence-corrected chi connectivity index (χ0v) is 33.3. The molecule has 0 aliphatic heterocycles. The minimum absolute atomic E-state index is 0.0255. The highest BCUT2D eigenvalue weighted by atomic mass is 32.2. The number of rotatable bonds is 17. The maximum Gasteiger partial charge on any atom is 0.513 e. The van der Waals surface area contributed by atoms with Gasteiger partial charge in [-0.1, -0.05) is 42.5 Å². The van der Waals surface area contributed by atoms with E-state index in [1.165, 1.54) is 37.4 Å². The van der Waals surface area contributed by atoms with Crippen LogP contribution in [0.2, 0.25) is 0 Å². The number of methoxy groups -OCH3 is 1. The van der Waals surface area contributed by atoms with E-state index >= 15 is 0 Å². The molecule has 2 rings (SSSR count). The number of benzene rings is 2. The number of hydrogen-bond donors (Lipinski definition) is 3. The smallest absolute Gasteiger partial charge is 0.460 e. The van der Waals surface area contributed by atoms with Gasteiger partial charge in [0.1, 0.15) is 35.1 Å². The number of esters is 1. The number of nitrogens with zero attached hydrogens (tertiary/aromatic N) is 1. The third kappa shape index (κ3) is 17.7. The Morgan fingerprint density at radius 3 is 1.83 bits per heavy atom. The van der Waals surface area contributed by atoms with Gasteiger partial charge in [0.05, 0.1) is 13.5 Å². The van der Waals surface area contributed by atoms with E-state index in [9.17, 15) is 33.0 Å². The van der Waals surface area contributed by atoms with Gasteiger partial charge in [0, 0.05) is 49.2 Å². The van der Waals surface area contributed by atoms with Gasteiger partial charge in [0.2, 0.25) is 17.7 Å². The minimum atomic E-state index is -1.35. The topological polar surface area (TPSA) is 196 Å². The van der Waals surface area contributed by atoms with Crippen LogP contribution in [0.5, 0.6) is 5.75 Å². The number of carbonyl (C=O) groups excluding carboxylic acids is 6. The highest BCUT2D eigenvalue weighted by Crippen LogP contribution is 2.16. The Bertz CT molecular complexity index is 1610. The predicted molar refractivity (Wildman–Crippen MR) is 202 cm³/mol. The molecule has 16 heteroatoms. The molecule has 298 valence electrons. The van der Waals surface area contributed by atoms with Crippen LogP contribution in [0.15, 0.2) is 54.6 Å². The molecule has 0 fully saturated rings. The molecule has 0 saturated carbocycles. The van der Waals surface area contributed by atoms with E-state index in [2.05, 4.69) is 20.7 Å². The zero-order chi connectivity index (χ0) is 40.6. The molecule has 4 atom stereocenters. The van der Waals surface area contributed by atoms with Crippen molar-refractivity contribution in [3.63, 3.8) is 0 Å². The molecule has 3 N–H and O–H groups in total. The number of ether oxygens (including phenoxy) is 4. The Kier molecular flexibility index (Phi) is 17.6. The second-order valence-corrected chi connectivity index (χ2v) is 16.1. The Balaban J connectivity index is 2.36. The summed E-state index contributed by atoms with van der Waals surface area (Å²) in [6.45, 7) is 10.2. The lowest BCUT2D eigenvalue weighted by atomic mass is 10.0. The zero-order valence-electron chi connectivity index (χ0n) is 32.5. The molecule has 0 heterocycles. The fourth-order valence-electron chi connectivity index (χ4n) is 4.90. The van der Waals surface area contributed by atoms with Crippen LogP contribution >= 0.6 is 0 Å². The van der Waals surface area contributed by atoms with Gasteiger partial charge in [0.25, 0.3) is 0 Å². The van der Waals surface area contributed by atoms with Gasteiger partial charge in [-0.15, -0.1) is 0 Å². The van der Waals surface area contributed by atoms with Crippen LogP contribution in [0.25, 0.3) is 0 Å². The summed E-state index contributed by atoms with van der Waals surface area (Å²) < 4.78 is 32.4. The molecule has 0 saturated heterocycles. The van der Waals surface area contributed by atoms with Crippen molar-refractivity contribution in [1.29, 1.82) is 0 Å². The molecule has 0 aromatic heterocycles. The van der Waals surface area contributed by atoms with E-state index in [1.807, 2.05) is 6.07 Å². The van der Waals surface area contributed by atoms with Crippen molar-refractivity contribution in [2.45, 2.75) is 96.6 Å². The molecule has 54 heavy (non-hydrogen) atoms. The van der Waals surface area contributed by atoms with Crippen molar-refractivity contribution in [2.24, 2.45) is 0 Å². The Labute approximate surface area is 319 Å². The first-order chi connectivity index (χ1) is 25.1. The number of nitrogens with one attached hydrogen (secondary N) is 3. The summed E-state index contributed by atoms with van der Waals surface area (Å²) in [5, 5.41) is 8.00. The van der Waals surface area contributed by atoms with Crippen LogP contribution < -0.4 is 20.7 Å². The van der Waals surface area contributed by atoms with Crippen LogP contribution in [0.4, 0.5) is 9.59 Å². The van der Waals surface area contributed by atoms with Crippen LogP contribution in [-0.4, -0.2) is 107 Å². The first kappa shape index (κ1) is 45.2. The third-order valence-corrected chi connectivity index (χ3v) is 8.22. The fourth-order valence-corrected chi connectivity index (χ4v) is 5.47. The van der Waals surface area contributed by atoms with Crippen molar-refractivity contribution in [1.82, 2.24) is 20.9 Å². The minimum Gasteiger partial charge on any atom is -0.460 e. The van der Waals surface area contributed by atoms with Crippen LogP contribution in [0.1, 0.15) is 65.5 Å². The van der Waals surface area contributed by atoms with Crippen molar-refractivity contribution >= 4 is 46.7 Å². The molecule has 0 aliphatic carbocycles. The third-order valence-electron chi connectivity index (χ3n) is 7.41. The molecule has 0 bridgehead atoms. The molecule has 2 aromatic rings. The largest absolute Gasteiger partial charge is 0.513 e. The Morgan fingerprint density at radius 2 is 1.28 bits per heavy atom. The normalized spacial score (nSPS) is 13.6. The van der Waals surface area contributed by atoms with Gasteiger partial charge < -0.3 is 39.8 Å². The first-order valence-corrected chi connectivity index (χ1v) is 19.1. The summed E-state index contributed by atoms with van der Waals surface area (Å²) in [5.74, 6) is -2.21. The Hall–Kier alpha value is -4.99. The second-order valence-electron chi connectivity index (χ2n) is 14.6. The summed E-state index contributed by atoms with van der Waals surface area (Å²) in [6, 6.07) is 11.5. The molecule has 4 amide bonds. The maximum absolute atomic E-state index is 13.9. The van der Waals surface area contributed by atoms with E-state index < -0.39 is 76.1 Å². The van der Waals surface area contributed by atoms with E-state index in [4.69, 9.17) is 14.2 Å². The highest BCUT2D eigenvalue weighted by molar-refractivity contribution is 7.84. The average Bonchev–Trinajstić information content (AvgIpc) is 3.07. The number of carbonyl (C=O) groups is 6. The summed E-state index contributed by atoms with van der Waals surface area (Å²) in [6.07, 6.45) is -0.426. The van der Waals surface area contributed by atoms with Crippen molar-refractivity contribution in [2.75, 3.05) is 32.7 Å². The van der Waals surface area contributed by atoms with Gasteiger partial charge in [-0.05, 0) is 71.2 Å². The van der Waals surface area contributed by atoms with Gasteiger partial charge in [-0.25, -0.2) is 9.59 Å². The lowest BCUT2D eigenvalue weighted by molar-refractivity contribution is -0.155. The molecule has 15 nitrogen and oxygen atoms in total. The second kappa shape index (κ2) is 21.0. The van der Waals surface area contributed by atoms with Gasteiger partial charge in [0.15, 0.2) is 0 Å². The molecular formula is C38H54N4O11S. The standard InChI is InChI=1S/C38H54N4O11S/c1-37(2,3)52-31(43)19-21-42(7)34(46)30(24-25-13-11-10-12-14-25)40-32(44)28(20-22-54(9)49)39-33(45)29(41-35(47)53-38(4,5)6)23-26-15-17-27(18-16-26)51-36(48)50-8/h10-18,28-30H,19-24H2,1-9H3,(H,39,45)(H,40,44)(H,41,47)/t28-,29+,30+,54?/m1/s1. The van der Waals surface area contributed by atoms with Crippen LogP contribution in [0, 0.1) is 0 Å². The number of likely N-dealkylation sites (N-methyl/N-ethyl adjacent to an activating group) is 1. The van der Waals surface area contributed by atoms with Crippen LogP contribution in [0.3, 0.4) is 0 Å². The van der Waals surface area contributed by atoms with E-state index in [0.717, 1.165) is 5.56 Å². The van der Waals surface area contributed by atoms with Gasteiger partial charge in [-0.2, -0.15) is 0 Å². The molecule has 0 aliphatic rings. The summed E-state index contributed by atoms with van der Waals surface area (Å²) >= 11 is 0. The number of alkyl carbamates (subject to hydrolysis) is 1. The summed E-state index contributed by atoms with van der Waals surface area (Å²) in [7, 11) is 1.33. The fraction of sp³-hybridized carbons (Fsp3) is 0.526. The summed E-state index contributed by atoms with van der Waals surface area (Å²) in [4.78, 5) is 79.6. The first-order valence-electron chi connectivity index (χ1n) is 17.4. The van der Waals surface area contributed by atoms with Crippen molar-refractivity contribution in [3.8, 4) is 5.75 Å². The Morgan fingerprint density at radius 1 is 0.741 bits per heavy atom. The predicted octanol–water partition coefficient (Wildman–Crippen LogP) is 3.44. The van der Waals surface area contributed by atoms with E-state index in [1.54, 1.807) is 77.9 Å². The monoisotopic (exact) mass is 774 g/mol. The van der Waals surface area contributed by atoms with Crippen molar-refractivity contribution in [3.05, 3.63) is 65.7 Å². The van der Waals surface area contributed by atoms with Gasteiger partial charge >= 0.3 is 18.2 Å². The SMILES string of the molecule is COC(=O)Oc1ccc(C[C@H](NC(=O)OC(C)(C)C)C(=O)N[C@H](CCS(C)=O)C(=O)N[C@@H](Cc2ccccc2)C(=O)N(C)CCC(=O)OC(C)(C)C)cc1. The molecular weight excluding hydrogens is 721 g/mol.